The van der Waals surface area contributed by atoms with E-state index in [1.807, 2.05) is 11.9 Å². The van der Waals surface area contributed by atoms with Crippen molar-refractivity contribution in [2.75, 3.05) is 7.05 Å². The molecule has 2 atom stereocenters. The van der Waals surface area contributed by atoms with Gasteiger partial charge in [0, 0.05) is 24.4 Å². The molecule has 19 heavy (non-hydrogen) atoms. The zero-order valence-corrected chi connectivity index (χ0v) is 13.1. The zero-order chi connectivity index (χ0) is 13.7. The van der Waals surface area contributed by atoms with Crippen LogP contribution in [0.2, 0.25) is 0 Å². The van der Waals surface area contributed by atoms with Crippen LogP contribution in [0.15, 0.2) is 17.5 Å². The fourth-order valence-electron chi connectivity index (χ4n) is 2.73. The average Bonchev–Trinajstić information content (AvgIpc) is 2.91. The summed E-state index contributed by atoms with van der Waals surface area (Å²) >= 11 is 8.11. The third-order valence-electron chi connectivity index (χ3n) is 3.93. The van der Waals surface area contributed by atoms with Gasteiger partial charge in [-0.05, 0) is 37.1 Å². The van der Waals surface area contributed by atoms with E-state index in [1.54, 1.807) is 11.3 Å². The molecule has 0 aromatic carbocycles. The van der Waals surface area contributed by atoms with Gasteiger partial charge < -0.3 is 4.90 Å². The number of rotatable bonds is 5. The summed E-state index contributed by atoms with van der Waals surface area (Å²) in [4.78, 5) is 15.4. The number of carbonyl (C=O) groups excluding carboxylic acids is 1. The number of hydrogen-bond donors (Lipinski definition) is 0. The van der Waals surface area contributed by atoms with Gasteiger partial charge >= 0.3 is 0 Å². The van der Waals surface area contributed by atoms with Crippen molar-refractivity contribution >= 4 is 28.8 Å². The van der Waals surface area contributed by atoms with Gasteiger partial charge in [0.2, 0.25) is 5.91 Å². The molecule has 1 fully saturated rings. The third-order valence-corrected chi connectivity index (χ3v) is 5.38. The zero-order valence-electron chi connectivity index (χ0n) is 11.5. The number of thiophene rings is 1. The first-order valence-electron chi connectivity index (χ1n) is 7.10. The van der Waals surface area contributed by atoms with Crippen molar-refractivity contribution in [3.05, 3.63) is 22.4 Å². The lowest BCUT2D eigenvalue weighted by atomic mass is 9.93. The molecule has 2 unspecified atom stereocenters. The van der Waals surface area contributed by atoms with Crippen LogP contribution >= 0.6 is 22.9 Å². The van der Waals surface area contributed by atoms with Gasteiger partial charge in [0.05, 0.1) is 5.38 Å². The molecule has 2 rings (SSSR count). The van der Waals surface area contributed by atoms with E-state index in [4.69, 9.17) is 11.6 Å². The molecule has 2 nitrogen and oxygen atoms in total. The van der Waals surface area contributed by atoms with E-state index in [2.05, 4.69) is 17.5 Å². The summed E-state index contributed by atoms with van der Waals surface area (Å²) in [5.74, 6) is 0.245. The predicted molar refractivity (Wildman–Crippen MR) is 81.9 cm³/mol. The number of aryl methyl sites for hydroxylation is 1. The van der Waals surface area contributed by atoms with Crippen LogP contribution in [0.1, 0.15) is 43.4 Å². The summed E-state index contributed by atoms with van der Waals surface area (Å²) in [6, 6.07) is 4.44. The number of hydrogen-bond acceptors (Lipinski definition) is 2. The molecule has 1 aromatic heterocycles. The Balaban J connectivity index is 1.75. The molecule has 0 radical (unpaired) electrons. The quantitative estimate of drug-likeness (QED) is 0.750. The lowest BCUT2D eigenvalue weighted by molar-refractivity contribution is -0.132. The molecule has 0 N–H and O–H groups in total. The highest BCUT2D eigenvalue weighted by atomic mass is 35.5. The topological polar surface area (TPSA) is 20.3 Å². The van der Waals surface area contributed by atoms with Gasteiger partial charge in [0.25, 0.3) is 0 Å². The first-order valence-corrected chi connectivity index (χ1v) is 8.42. The minimum atomic E-state index is 0.139. The predicted octanol–water partition coefficient (Wildman–Crippen LogP) is 4.08. The van der Waals surface area contributed by atoms with Crippen molar-refractivity contribution in [1.82, 2.24) is 4.90 Å². The van der Waals surface area contributed by atoms with Gasteiger partial charge in [0.15, 0.2) is 0 Å². The van der Waals surface area contributed by atoms with Crippen molar-refractivity contribution in [1.29, 1.82) is 0 Å². The molecule has 4 heteroatoms. The summed E-state index contributed by atoms with van der Waals surface area (Å²) < 4.78 is 0. The van der Waals surface area contributed by atoms with Crippen LogP contribution in [0, 0.1) is 0 Å². The van der Waals surface area contributed by atoms with Crippen LogP contribution in [-0.2, 0) is 11.2 Å². The fraction of sp³-hybridized carbons (Fsp3) is 0.667. The first-order chi connectivity index (χ1) is 9.18. The van der Waals surface area contributed by atoms with Crippen molar-refractivity contribution in [3.63, 3.8) is 0 Å². The Kier molecular flexibility index (Phi) is 5.71. The highest BCUT2D eigenvalue weighted by molar-refractivity contribution is 7.09. The average molecular weight is 300 g/mol. The van der Waals surface area contributed by atoms with Crippen LogP contribution in [0.25, 0.3) is 0 Å². The van der Waals surface area contributed by atoms with Crippen molar-refractivity contribution in [2.24, 2.45) is 0 Å². The van der Waals surface area contributed by atoms with Gasteiger partial charge in [-0.2, -0.15) is 0 Å². The molecule has 1 amide bonds. The van der Waals surface area contributed by atoms with E-state index in [0.717, 1.165) is 25.7 Å². The molecular formula is C15H22ClNOS. The monoisotopic (exact) mass is 299 g/mol. The normalized spacial score (nSPS) is 23.3. The molecule has 106 valence electrons. The standard InChI is InChI=1S/C15H22ClNOS/c1-17(14-9-3-2-8-13(14)16)15(18)10-4-6-12-7-5-11-19-12/h5,7,11,13-14H,2-4,6,8-10H2,1H3. The van der Waals surface area contributed by atoms with Crippen LogP contribution in [0.3, 0.4) is 0 Å². The highest BCUT2D eigenvalue weighted by Gasteiger charge is 2.28. The summed E-state index contributed by atoms with van der Waals surface area (Å²) in [5.41, 5.74) is 0. The van der Waals surface area contributed by atoms with E-state index >= 15 is 0 Å². The highest BCUT2D eigenvalue weighted by Crippen LogP contribution is 2.27. The third kappa shape index (κ3) is 4.22. The largest absolute Gasteiger partial charge is 0.341 e. The molecule has 0 spiro atoms. The molecular weight excluding hydrogens is 278 g/mol. The number of alkyl halides is 1. The van der Waals surface area contributed by atoms with E-state index < -0.39 is 0 Å². The Bertz CT molecular complexity index is 393. The Morgan fingerprint density at radius 1 is 1.47 bits per heavy atom. The van der Waals surface area contributed by atoms with Gasteiger partial charge in [0.1, 0.15) is 0 Å². The lowest BCUT2D eigenvalue weighted by Gasteiger charge is -2.35. The molecule has 0 aliphatic heterocycles. The van der Waals surface area contributed by atoms with Crippen molar-refractivity contribution in [3.8, 4) is 0 Å². The summed E-state index contributed by atoms with van der Waals surface area (Å²) in [5, 5.41) is 2.23. The first kappa shape index (κ1) is 14.9. The van der Waals surface area contributed by atoms with Crippen molar-refractivity contribution < 1.29 is 4.79 Å². The van der Waals surface area contributed by atoms with Crippen LogP contribution < -0.4 is 0 Å². The Labute approximate surface area is 124 Å². The number of nitrogens with zero attached hydrogens (tertiary/aromatic N) is 1. The maximum atomic E-state index is 12.2. The Hall–Kier alpha value is -0.540. The van der Waals surface area contributed by atoms with E-state index in [9.17, 15) is 4.79 Å². The minimum Gasteiger partial charge on any atom is -0.341 e. The minimum absolute atomic E-state index is 0.139. The van der Waals surface area contributed by atoms with E-state index in [1.165, 1.54) is 17.7 Å². The molecule has 1 saturated carbocycles. The number of carbonyl (C=O) groups is 1. The van der Waals surface area contributed by atoms with Crippen LogP contribution in [0.5, 0.6) is 0 Å². The maximum absolute atomic E-state index is 12.2. The lowest BCUT2D eigenvalue weighted by Crippen LogP contribution is -2.44. The van der Waals surface area contributed by atoms with Crippen molar-refractivity contribution in [2.45, 2.75) is 56.4 Å². The Morgan fingerprint density at radius 2 is 2.26 bits per heavy atom. The summed E-state index contributed by atoms with van der Waals surface area (Å²) in [6.07, 6.45) is 7.07. The van der Waals surface area contributed by atoms with Crippen LogP contribution in [0.4, 0.5) is 0 Å². The number of amides is 1. The molecule has 1 aromatic rings. The van der Waals surface area contributed by atoms with Gasteiger partial charge in [-0.15, -0.1) is 22.9 Å². The molecule has 1 aliphatic rings. The second kappa shape index (κ2) is 7.30. The molecule has 0 bridgehead atoms. The van der Waals surface area contributed by atoms with Gasteiger partial charge in [-0.25, -0.2) is 0 Å². The fourth-order valence-corrected chi connectivity index (χ4v) is 3.93. The maximum Gasteiger partial charge on any atom is 0.222 e. The molecule has 0 saturated heterocycles. The Morgan fingerprint density at radius 3 is 2.95 bits per heavy atom. The molecule has 1 heterocycles. The second-order valence-corrected chi connectivity index (χ2v) is 6.90. The van der Waals surface area contributed by atoms with E-state index in [-0.39, 0.29) is 17.3 Å². The smallest absolute Gasteiger partial charge is 0.222 e. The number of halogens is 1. The summed E-state index contributed by atoms with van der Waals surface area (Å²) in [6.45, 7) is 0. The summed E-state index contributed by atoms with van der Waals surface area (Å²) in [7, 11) is 1.92. The molecule has 1 aliphatic carbocycles. The van der Waals surface area contributed by atoms with Crippen LogP contribution in [-0.4, -0.2) is 29.3 Å². The van der Waals surface area contributed by atoms with E-state index in [0.29, 0.717) is 6.42 Å². The second-order valence-electron chi connectivity index (χ2n) is 5.31. The van der Waals surface area contributed by atoms with Gasteiger partial charge in [-0.3, -0.25) is 4.79 Å². The van der Waals surface area contributed by atoms with Gasteiger partial charge in [-0.1, -0.05) is 18.9 Å². The SMILES string of the molecule is CN(C(=O)CCCc1cccs1)C1CCCCC1Cl.